The van der Waals surface area contributed by atoms with E-state index in [0.717, 1.165) is 23.2 Å². The number of benzene rings is 2. The van der Waals surface area contributed by atoms with E-state index in [2.05, 4.69) is 5.32 Å². The van der Waals surface area contributed by atoms with Gasteiger partial charge in [-0.3, -0.25) is 4.79 Å². The maximum atomic E-state index is 13.9. The number of esters is 1. The van der Waals surface area contributed by atoms with Gasteiger partial charge in [0.2, 0.25) is 0 Å². The van der Waals surface area contributed by atoms with Crippen molar-refractivity contribution in [1.82, 2.24) is 5.32 Å². The highest BCUT2D eigenvalue weighted by Crippen LogP contribution is 2.47. The lowest BCUT2D eigenvalue weighted by atomic mass is 9.71. The molecule has 2 aliphatic rings. The van der Waals surface area contributed by atoms with E-state index < -0.39 is 11.9 Å². The fourth-order valence-electron chi connectivity index (χ4n) is 5.39. The van der Waals surface area contributed by atoms with Crippen molar-refractivity contribution < 1.29 is 33.3 Å². The van der Waals surface area contributed by atoms with Gasteiger partial charge in [0.05, 0.1) is 40.1 Å². The Hall–Kier alpha value is -3.94. The van der Waals surface area contributed by atoms with Gasteiger partial charge in [0, 0.05) is 29.3 Å². The van der Waals surface area contributed by atoms with Crippen LogP contribution in [0.2, 0.25) is 0 Å². The van der Waals surface area contributed by atoms with Crippen LogP contribution in [0.5, 0.6) is 23.0 Å². The Morgan fingerprint density at radius 1 is 0.897 bits per heavy atom. The van der Waals surface area contributed by atoms with E-state index >= 15 is 0 Å². The minimum atomic E-state index is -0.590. The second-order valence-corrected chi connectivity index (χ2v) is 9.61. The molecule has 0 unspecified atom stereocenters. The summed E-state index contributed by atoms with van der Waals surface area (Å²) >= 11 is 0. The second-order valence-electron chi connectivity index (χ2n) is 9.61. The minimum Gasteiger partial charge on any atom is -0.493 e. The molecule has 8 nitrogen and oxygen atoms in total. The molecule has 0 bridgehead atoms. The van der Waals surface area contributed by atoms with Crippen LogP contribution in [0.4, 0.5) is 0 Å². The molecular weight excluding hydrogens is 498 g/mol. The first-order valence-corrected chi connectivity index (χ1v) is 13.3. The molecule has 0 amide bonds. The summed E-state index contributed by atoms with van der Waals surface area (Å²) in [5.41, 5.74) is 4.25. The first-order chi connectivity index (χ1) is 18.9. The van der Waals surface area contributed by atoms with Gasteiger partial charge < -0.3 is 29.0 Å². The highest BCUT2D eigenvalue weighted by molar-refractivity contribution is 6.04. The number of carbonyl (C=O) groups is 2. The van der Waals surface area contributed by atoms with Crippen LogP contribution in [0.15, 0.2) is 58.9 Å². The molecule has 208 valence electrons. The third-order valence-corrected chi connectivity index (χ3v) is 7.18. The summed E-state index contributed by atoms with van der Waals surface area (Å²) in [7, 11) is 4.77. The maximum Gasteiger partial charge on any atom is 0.336 e. The van der Waals surface area contributed by atoms with Crippen LogP contribution in [-0.4, -0.2) is 46.3 Å². The molecule has 0 saturated heterocycles. The van der Waals surface area contributed by atoms with Gasteiger partial charge in [0.15, 0.2) is 28.8 Å². The Morgan fingerprint density at radius 3 is 2.21 bits per heavy atom. The summed E-state index contributed by atoms with van der Waals surface area (Å²) in [6, 6.07) is 11.3. The monoisotopic (exact) mass is 535 g/mol. The van der Waals surface area contributed by atoms with Crippen molar-refractivity contribution in [2.45, 2.75) is 51.9 Å². The van der Waals surface area contributed by atoms with Gasteiger partial charge >= 0.3 is 5.97 Å². The summed E-state index contributed by atoms with van der Waals surface area (Å²) in [6.45, 7) is 6.45. The average Bonchev–Trinajstić information content (AvgIpc) is 2.94. The summed E-state index contributed by atoms with van der Waals surface area (Å²) in [4.78, 5) is 27.1. The molecule has 4 rings (SSSR count). The van der Waals surface area contributed by atoms with Gasteiger partial charge in [0.25, 0.3) is 0 Å². The molecule has 1 heterocycles. The van der Waals surface area contributed by atoms with Crippen molar-refractivity contribution in [3.8, 4) is 23.0 Å². The molecule has 0 saturated carbocycles. The lowest BCUT2D eigenvalue weighted by Crippen LogP contribution is -2.36. The van der Waals surface area contributed by atoms with Crippen molar-refractivity contribution in [2.75, 3.05) is 34.5 Å². The number of ether oxygens (including phenoxy) is 5. The van der Waals surface area contributed by atoms with Crippen molar-refractivity contribution in [3.05, 3.63) is 70.1 Å². The van der Waals surface area contributed by atoms with Crippen LogP contribution in [0, 0.1) is 0 Å². The first-order valence-electron chi connectivity index (χ1n) is 13.3. The fraction of sp³-hybridized carbons (Fsp3) is 0.419. The molecule has 0 radical (unpaired) electrons. The fourth-order valence-corrected chi connectivity index (χ4v) is 5.39. The number of allylic oxidation sites excluding steroid dienone is 3. The van der Waals surface area contributed by atoms with E-state index in [0.29, 0.717) is 59.3 Å². The SMILES string of the molecule is CCCOc1ccc([C@H]2C(C(=O)OCC)=C(C)NC3=C2C(=O)C[C@@H](c2ccc(OC)c(OC)c2)C3)cc1OC. The van der Waals surface area contributed by atoms with Crippen LogP contribution in [0.25, 0.3) is 0 Å². The highest BCUT2D eigenvalue weighted by Gasteiger charge is 2.41. The van der Waals surface area contributed by atoms with Gasteiger partial charge in [-0.25, -0.2) is 4.79 Å². The van der Waals surface area contributed by atoms with Crippen LogP contribution in [0.3, 0.4) is 0 Å². The third kappa shape index (κ3) is 5.60. The number of hydrogen-bond donors (Lipinski definition) is 1. The van der Waals surface area contributed by atoms with Crippen LogP contribution in [-0.2, 0) is 14.3 Å². The number of carbonyl (C=O) groups excluding carboxylic acids is 2. The highest BCUT2D eigenvalue weighted by atomic mass is 16.5. The first kappa shape index (κ1) is 28.1. The number of rotatable bonds is 10. The normalized spacial score (nSPS) is 18.8. The number of methoxy groups -OCH3 is 3. The molecule has 2 atom stereocenters. The summed E-state index contributed by atoms with van der Waals surface area (Å²) in [6.07, 6.45) is 1.77. The molecule has 1 aliphatic carbocycles. The lowest BCUT2D eigenvalue weighted by Gasteiger charge is -2.37. The van der Waals surface area contributed by atoms with Crippen LogP contribution < -0.4 is 24.3 Å². The molecule has 2 aromatic carbocycles. The summed E-state index contributed by atoms with van der Waals surface area (Å²) < 4.78 is 27.8. The molecule has 1 N–H and O–H groups in total. The van der Waals surface area contributed by atoms with Crippen molar-refractivity contribution >= 4 is 11.8 Å². The third-order valence-electron chi connectivity index (χ3n) is 7.18. The topological polar surface area (TPSA) is 92.3 Å². The Kier molecular flexibility index (Phi) is 8.84. The quantitative estimate of drug-likeness (QED) is 0.403. The molecule has 0 spiro atoms. The van der Waals surface area contributed by atoms with Gasteiger partial charge in [-0.15, -0.1) is 0 Å². The standard InChI is InChI=1S/C31H37NO7/c1-7-13-39-25-12-10-20(17-27(25)37-6)29-28(31(34)38-8-2)18(3)32-22-14-21(15-23(33)30(22)29)19-9-11-24(35-4)26(16-19)36-5/h9-12,16-17,21,29,32H,7-8,13-15H2,1-6H3/t21-,29-/m0/s1. The van der Waals surface area contributed by atoms with Crippen LogP contribution >= 0.6 is 0 Å². The number of dihydropyridines is 1. The predicted molar refractivity (Wildman–Crippen MR) is 148 cm³/mol. The van der Waals surface area contributed by atoms with Gasteiger partial charge in [-0.1, -0.05) is 19.1 Å². The van der Waals surface area contributed by atoms with Crippen molar-refractivity contribution in [1.29, 1.82) is 0 Å². The van der Waals surface area contributed by atoms with E-state index in [-0.39, 0.29) is 18.3 Å². The molecule has 8 heteroatoms. The van der Waals surface area contributed by atoms with E-state index in [4.69, 9.17) is 23.7 Å². The summed E-state index contributed by atoms with van der Waals surface area (Å²) in [5, 5.41) is 3.38. The Morgan fingerprint density at radius 2 is 1.54 bits per heavy atom. The molecule has 1 aliphatic heterocycles. The molecule has 0 fully saturated rings. The van der Waals surface area contributed by atoms with Gasteiger partial charge in [0.1, 0.15) is 0 Å². The zero-order valence-corrected chi connectivity index (χ0v) is 23.5. The van der Waals surface area contributed by atoms with Crippen LogP contribution in [0.1, 0.15) is 63.0 Å². The zero-order valence-electron chi connectivity index (χ0n) is 23.5. The molecule has 2 aromatic rings. The number of ketones is 1. The van der Waals surface area contributed by atoms with E-state index in [1.165, 1.54) is 0 Å². The maximum absolute atomic E-state index is 13.9. The number of Topliss-reactive ketones (excluding diaryl/α,β-unsaturated/α-hetero) is 1. The van der Waals surface area contributed by atoms with E-state index in [1.54, 1.807) is 28.3 Å². The smallest absolute Gasteiger partial charge is 0.336 e. The number of nitrogens with one attached hydrogen (secondary N) is 1. The Bertz CT molecular complexity index is 1310. The lowest BCUT2D eigenvalue weighted by molar-refractivity contribution is -0.138. The van der Waals surface area contributed by atoms with Gasteiger partial charge in [-0.2, -0.15) is 0 Å². The van der Waals surface area contributed by atoms with Crippen molar-refractivity contribution in [2.24, 2.45) is 0 Å². The largest absolute Gasteiger partial charge is 0.493 e. The summed E-state index contributed by atoms with van der Waals surface area (Å²) in [5.74, 6) is 1.32. The second kappa shape index (κ2) is 12.3. The zero-order chi connectivity index (χ0) is 28.1. The number of hydrogen-bond acceptors (Lipinski definition) is 8. The van der Waals surface area contributed by atoms with Gasteiger partial charge in [-0.05, 0) is 68.0 Å². The van der Waals surface area contributed by atoms with E-state index in [9.17, 15) is 9.59 Å². The Labute approximate surface area is 229 Å². The molecular formula is C31H37NO7. The van der Waals surface area contributed by atoms with E-state index in [1.807, 2.05) is 50.2 Å². The molecule has 0 aromatic heterocycles. The average molecular weight is 536 g/mol. The van der Waals surface area contributed by atoms with Crippen molar-refractivity contribution in [3.63, 3.8) is 0 Å². The predicted octanol–water partition coefficient (Wildman–Crippen LogP) is 5.43. The minimum absolute atomic E-state index is 0.0203. The Balaban J connectivity index is 1.79. The molecule has 39 heavy (non-hydrogen) atoms.